The van der Waals surface area contributed by atoms with Gasteiger partial charge in [0, 0.05) is 45.6 Å². The largest absolute Gasteiger partial charge is 0.354 e. The second-order valence-corrected chi connectivity index (χ2v) is 17.0. The van der Waals surface area contributed by atoms with Gasteiger partial charge in [-0.05, 0) is 57.8 Å². The number of carbonyl (C=O) groups is 5. The Morgan fingerprint density at radius 3 is 1.39 bits per heavy atom. The number of rotatable bonds is 35. The van der Waals surface area contributed by atoms with Gasteiger partial charge < -0.3 is 31.5 Å². The van der Waals surface area contributed by atoms with Crippen LogP contribution in [-0.4, -0.2) is 90.2 Å². The van der Waals surface area contributed by atoms with Crippen molar-refractivity contribution in [3.63, 3.8) is 0 Å². The highest BCUT2D eigenvalue weighted by atomic mass is 16.2. The van der Waals surface area contributed by atoms with Crippen molar-refractivity contribution in [3.05, 3.63) is 0 Å². The van der Waals surface area contributed by atoms with Crippen LogP contribution in [0.15, 0.2) is 0 Å². The van der Waals surface area contributed by atoms with Crippen molar-refractivity contribution < 1.29 is 24.0 Å². The van der Waals surface area contributed by atoms with Crippen molar-refractivity contribution in [1.82, 2.24) is 25.8 Å². The molecular formula is C46H86N6O5. The quantitative estimate of drug-likeness (QED) is 0.0474. The van der Waals surface area contributed by atoms with E-state index in [1.54, 1.807) is 9.80 Å². The molecule has 0 bridgehead atoms. The first-order chi connectivity index (χ1) is 27.8. The Balaban J connectivity index is 1.68. The van der Waals surface area contributed by atoms with Crippen LogP contribution in [0.5, 0.6) is 0 Å². The van der Waals surface area contributed by atoms with Gasteiger partial charge >= 0.3 is 0 Å². The smallest absolute Gasteiger partial charge is 0.243 e. The molecule has 0 radical (unpaired) electrons. The number of nitrogens with two attached hydrogens (primary N) is 1. The summed E-state index contributed by atoms with van der Waals surface area (Å²) in [5, 5.41) is 8.78. The van der Waals surface area contributed by atoms with Gasteiger partial charge in [0.15, 0.2) is 0 Å². The summed E-state index contributed by atoms with van der Waals surface area (Å²) in [6.45, 7) is 6.74. The van der Waals surface area contributed by atoms with E-state index in [0.717, 1.165) is 44.9 Å². The molecule has 5 amide bonds. The fraction of sp³-hybridized carbons (Fsp3) is 0.891. The Kier molecular flexibility index (Phi) is 29.4. The van der Waals surface area contributed by atoms with Crippen molar-refractivity contribution in [2.24, 2.45) is 5.73 Å². The first-order valence-electron chi connectivity index (χ1n) is 24.0. The zero-order valence-corrected chi connectivity index (χ0v) is 36.7. The van der Waals surface area contributed by atoms with Crippen LogP contribution in [0.25, 0.3) is 0 Å². The van der Waals surface area contributed by atoms with E-state index in [-0.39, 0.29) is 29.5 Å². The van der Waals surface area contributed by atoms with Gasteiger partial charge in [0.2, 0.25) is 29.5 Å². The molecule has 3 atom stereocenters. The Bertz CT molecular complexity index is 1110. The molecule has 11 nitrogen and oxygen atoms in total. The van der Waals surface area contributed by atoms with E-state index in [0.29, 0.717) is 77.7 Å². The number of nitrogens with zero attached hydrogens (tertiary/aromatic N) is 2. The standard InChI is InChI=1S/C46H86N6O5/c1-3-5-7-9-11-13-15-17-19-21-23-32-42(53)51-37-27-30-40(51)45(56)48-35-26-25-29-39(44(55)49-36-34-47)50-46(57)41-31-28-38-52(41)43(54)33-24-22-20-18-16-14-12-10-8-6-4-2/h39-41H,3-38,47H2,1-2H3,(H,48,56)(H,49,55)(H,50,57). The van der Waals surface area contributed by atoms with E-state index in [4.69, 9.17) is 5.73 Å². The lowest BCUT2D eigenvalue weighted by Crippen LogP contribution is -2.53. The summed E-state index contributed by atoms with van der Waals surface area (Å²) in [6.07, 6.45) is 32.6. The maximum absolute atomic E-state index is 13.5. The van der Waals surface area contributed by atoms with Crippen molar-refractivity contribution in [1.29, 1.82) is 0 Å². The van der Waals surface area contributed by atoms with Crippen LogP contribution in [0.1, 0.15) is 213 Å². The van der Waals surface area contributed by atoms with Crippen molar-refractivity contribution in [2.45, 2.75) is 231 Å². The Labute approximate surface area is 347 Å². The summed E-state index contributed by atoms with van der Waals surface area (Å²) in [7, 11) is 0. The van der Waals surface area contributed by atoms with Crippen LogP contribution >= 0.6 is 0 Å². The average Bonchev–Trinajstić information content (AvgIpc) is 3.92. The summed E-state index contributed by atoms with van der Waals surface area (Å²) in [4.78, 5) is 69.4. The molecule has 2 saturated heterocycles. The summed E-state index contributed by atoms with van der Waals surface area (Å²) in [6, 6.07) is -1.71. The average molecular weight is 803 g/mol. The Morgan fingerprint density at radius 1 is 0.526 bits per heavy atom. The highest BCUT2D eigenvalue weighted by molar-refractivity contribution is 5.92. The molecule has 2 aliphatic heterocycles. The van der Waals surface area contributed by atoms with Crippen LogP contribution in [0, 0.1) is 0 Å². The number of hydrogen-bond donors (Lipinski definition) is 4. The molecule has 3 unspecified atom stereocenters. The summed E-state index contributed by atoms with van der Waals surface area (Å²) in [5.41, 5.74) is 5.63. The maximum atomic E-state index is 13.5. The lowest BCUT2D eigenvalue weighted by atomic mass is 10.0. The molecule has 0 aliphatic carbocycles. The fourth-order valence-electron chi connectivity index (χ4n) is 8.50. The van der Waals surface area contributed by atoms with Gasteiger partial charge in [-0.15, -0.1) is 0 Å². The van der Waals surface area contributed by atoms with Crippen molar-refractivity contribution in [3.8, 4) is 0 Å². The maximum Gasteiger partial charge on any atom is 0.243 e. The lowest BCUT2D eigenvalue weighted by molar-refractivity contribution is -0.139. The molecule has 11 heteroatoms. The SMILES string of the molecule is CCCCCCCCCCCCCC(=O)N1CCCC1C(=O)NCCCCC(NC(=O)C1CCCN1C(=O)CCCCCCCCCCCCC)C(=O)NCCN. The van der Waals surface area contributed by atoms with Crippen molar-refractivity contribution in [2.75, 3.05) is 32.7 Å². The van der Waals surface area contributed by atoms with Crippen molar-refractivity contribution >= 4 is 29.5 Å². The second-order valence-electron chi connectivity index (χ2n) is 17.0. The minimum atomic E-state index is -0.748. The summed E-state index contributed by atoms with van der Waals surface area (Å²) in [5.74, 6) is -0.556. The minimum absolute atomic E-state index is 0.0278. The molecule has 2 rings (SSSR count). The molecular weight excluding hydrogens is 717 g/mol. The molecule has 2 heterocycles. The minimum Gasteiger partial charge on any atom is -0.354 e. The van der Waals surface area contributed by atoms with Gasteiger partial charge in [0.25, 0.3) is 0 Å². The summed E-state index contributed by atoms with van der Waals surface area (Å²) >= 11 is 0. The predicted molar refractivity (Wildman–Crippen MR) is 232 cm³/mol. The molecule has 5 N–H and O–H groups in total. The predicted octanol–water partition coefficient (Wildman–Crippen LogP) is 8.22. The van der Waals surface area contributed by atoms with Gasteiger partial charge in [-0.1, -0.05) is 142 Å². The van der Waals surface area contributed by atoms with Gasteiger partial charge in [0.1, 0.15) is 18.1 Å². The van der Waals surface area contributed by atoms with Gasteiger partial charge in [-0.25, -0.2) is 0 Å². The van der Waals surface area contributed by atoms with E-state index in [1.165, 1.54) is 109 Å². The molecule has 330 valence electrons. The van der Waals surface area contributed by atoms with Crippen LogP contribution in [0.4, 0.5) is 0 Å². The molecule has 0 aromatic carbocycles. The highest BCUT2D eigenvalue weighted by Crippen LogP contribution is 2.22. The molecule has 0 spiro atoms. The molecule has 0 saturated carbocycles. The molecule has 2 aliphatic rings. The first kappa shape index (κ1) is 50.5. The van der Waals surface area contributed by atoms with Crippen LogP contribution in [0.3, 0.4) is 0 Å². The third-order valence-corrected chi connectivity index (χ3v) is 12.0. The van der Waals surface area contributed by atoms with Gasteiger partial charge in [-0.2, -0.15) is 0 Å². The lowest BCUT2D eigenvalue weighted by Gasteiger charge is -2.26. The number of carbonyl (C=O) groups excluding carboxylic acids is 5. The number of nitrogens with one attached hydrogen (secondary N) is 3. The monoisotopic (exact) mass is 803 g/mol. The third kappa shape index (κ3) is 22.3. The number of unbranched alkanes of at least 4 members (excludes halogenated alkanes) is 21. The van der Waals surface area contributed by atoms with E-state index in [2.05, 4.69) is 29.8 Å². The number of amides is 5. The van der Waals surface area contributed by atoms with Crippen LogP contribution < -0.4 is 21.7 Å². The van der Waals surface area contributed by atoms with Gasteiger partial charge in [0.05, 0.1) is 0 Å². The molecule has 2 fully saturated rings. The normalized spacial score (nSPS) is 17.2. The molecule has 0 aromatic heterocycles. The molecule has 57 heavy (non-hydrogen) atoms. The zero-order valence-electron chi connectivity index (χ0n) is 36.7. The Hall–Kier alpha value is -2.69. The van der Waals surface area contributed by atoms with Crippen LogP contribution in [-0.2, 0) is 24.0 Å². The molecule has 0 aromatic rings. The highest BCUT2D eigenvalue weighted by Gasteiger charge is 2.36. The van der Waals surface area contributed by atoms with Gasteiger partial charge in [-0.3, -0.25) is 24.0 Å². The summed E-state index contributed by atoms with van der Waals surface area (Å²) < 4.78 is 0. The topological polar surface area (TPSA) is 154 Å². The third-order valence-electron chi connectivity index (χ3n) is 12.0. The first-order valence-corrected chi connectivity index (χ1v) is 24.0. The zero-order chi connectivity index (χ0) is 41.4. The van der Waals surface area contributed by atoms with E-state index in [9.17, 15) is 24.0 Å². The van der Waals surface area contributed by atoms with E-state index >= 15 is 0 Å². The number of hydrogen-bond acceptors (Lipinski definition) is 6. The number of likely N-dealkylation sites (tertiary alicyclic amines) is 2. The van der Waals surface area contributed by atoms with E-state index in [1.807, 2.05) is 0 Å². The second kappa shape index (κ2) is 33.2. The fourth-order valence-corrected chi connectivity index (χ4v) is 8.50. The van der Waals surface area contributed by atoms with E-state index < -0.39 is 18.1 Å². The Morgan fingerprint density at radius 2 is 0.947 bits per heavy atom. The van der Waals surface area contributed by atoms with Crippen LogP contribution in [0.2, 0.25) is 0 Å².